The summed E-state index contributed by atoms with van der Waals surface area (Å²) in [6.45, 7) is 6.79. The number of likely N-dealkylation sites (tertiary alicyclic amines) is 1. The van der Waals surface area contributed by atoms with E-state index in [4.69, 9.17) is 26.1 Å². The summed E-state index contributed by atoms with van der Waals surface area (Å²) in [4.78, 5) is 22.3. The first-order valence-electron chi connectivity index (χ1n) is 17.7. The first-order valence-corrected chi connectivity index (χ1v) is 18.9. The summed E-state index contributed by atoms with van der Waals surface area (Å²) in [7, 11) is 4.28. The molecule has 264 valence electrons. The number of hydrogen-bond donors (Lipinski definition) is 1. The lowest BCUT2D eigenvalue weighted by Crippen LogP contribution is -2.45. The summed E-state index contributed by atoms with van der Waals surface area (Å²) in [5.74, 6) is 0.584. The van der Waals surface area contributed by atoms with Gasteiger partial charge in [-0.1, -0.05) is 48.0 Å². The number of aromatic nitrogens is 2. The lowest BCUT2D eigenvalue weighted by molar-refractivity contribution is -0.141. The number of imidazole rings is 1. The maximum atomic E-state index is 11.6. The van der Waals surface area contributed by atoms with Gasteiger partial charge in [0.1, 0.15) is 29.0 Å². The Labute approximate surface area is 308 Å². The van der Waals surface area contributed by atoms with Crippen molar-refractivity contribution in [2.24, 2.45) is 13.0 Å². The van der Waals surface area contributed by atoms with Crippen LogP contribution >= 0.6 is 23.4 Å². The van der Waals surface area contributed by atoms with E-state index >= 15 is 0 Å². The second kappa shape index (κ2) is 13.6. The van der Waals surface area contributed by atoms with E-state index in [9.17, 15) is 15.2 Å². The molecule has 0 amide bonds. The van der Waals surface area contributed by atoms with Crippen LogP contribution in [0.4, 0.5) is 0 Å². The number of nitrogens with zero attached hydrogens (tertiary/aromatic N) is 5. The van der Waals surface area contributed by atoms with Crippen LogP contribution in [0.25, 0.3) is 11.1 Å². The number of likely N-dealkylation sites (N-methyl/N-ethyl adjacent to an activating group) is 1. The van der Waals surface area contributed by atoms with Crippen molar-refractivity contribution in [3.63, 3.8) is 0 Å². The Hall–Kier alpha value is -3.85. The van der Waals surface area contributed by atoms with Crippen molar-refractivity contribution >= 4 is 29.3 Å². The van der Waals surface area contributed by atoms with Crippen LogP contribution in [-0.2, 0) is 47.3 Å². The highest BCUT2D eigenvalue weighted by Gasteiger charge is 2.47. The normalized spacial score (nSPS) is 21.2. The van der Waals surface area contributed by atoms with E-state index in [2.05, 4.69) is 77.9 Å². The fourth-order valence-corrected chi connectivity index (χ4v) is 10.1. The van der Waals surface area contributed by atoms with Gasteiger partial charge in [-0.15, -0.1) is 11.8 Å². The Bertz CT molecular complexity index is 2070. The molecule has 0 bridgehead atoms. The van der Waals surface area contributed by atoms with Crippen LogP contribution < -0.4 is 4.74 Å². The van der Waals surface area contributed by atoms with Crippen LogP contribution in [0.5, 0.6) is 5.75 Å². The SMILES string of the molecule is Cc1c(COc2ccc3c(c2C#N)CC[C@H]3N2CC[C@@H](C(=O)O)C2)cccc1-c1cccc(SC2(c3nc4c(n3C)CCN(C)C4)COC2)c1Cl. The Balaban J connectivity index is 1.02. The summed E-state index contributed by atoms with van der Waals surface area (Å²) >= 11 is 9.00. The van der Waals surface area contributed by atoms with E-state index in [1.807, 2.05) is 12.1 Å². The van der Waals surface area contributed by atoms with Crippen molar-refractivity contribution in [2.45, 2.75) is 61.4 Å². The molecule has 2 saturated heterocycles. The predicted molar refractivity (Wildman–Crippen MR) is 197 cm³/mol. The van der Waals surface area contributed by atoms with E-state index in [1.54, 1.807) is 11.8 Å². The van der Waals surface area contributed by atoms with Gasteiger partial charge in [0, 0.05) is 55.3 Å². The molecule has 9 nitrogen and oxygen atoms in total. The van der Waals surface area contributed by atoms with Crippen LogP contribution in [0.1, 0.15) is 63.9 Å². The number of hydrogen-bond acceptors (Lipinski definition) is 8. The van der Waals surface area contributed by atoms with Gasteiger partial charge in [0.05, 0.1) is 35.4 Å². The van der Waals surface area contributed by atoms with Gasteiger partial charge in [0.2, 0.25) is 0 Å². The number of carbonyl (C=O) groups is 1. The number of ether oxygens (including phenoxy) is 2. The van der Waals surface area contributed by atoms with Crippen molar-refractivity contribution in [1.29, 1.82) is 5.26 Å². The van der Waals surface area contributed by atoms with Crippen molar-refractivity contribution in [3.8, 4) is 22.9 Å². The minimum Gasteiger partial charge on any atom is -0.488 e. The number of halogens is 1. The lowest BCUT2D eigenvalue weighted by atomic mass is 9.96. The summed E-state index contributed by atoms with van der Waals surface area (Å²) in [6, 6.07) is 19.0. The topological polar surface area (TPSA) is 104 Å². The summed E-state index contributed by atoms with van der Waals surface area (Å²) in [5, 5.41) is 20.4. The van der Waals surface area contributed by atoms with Crippen LogP contribution in [0.3, 0.4) is 0 Å². The number of carboxylic acid groups (broad SMARTS) is 1. The van der Waals surface area contributed by atoms with Crippen LogP contribution in [-0.4, -0.2) is 70.3 Å². The number of nitriles is 1. The molecular weight excluding hydrogens is 682 g/mol. The number of thioether (sulfide) groups is 1. The van der Waals surface area contributed by atoms with Gasteiger partial charge in [-0.3, -0.25) is 9.69 Å². The Morgan fingerprint density at radius 3 is 2.67 bits per heavy atom. The second-order valence-corrected chi connectivity index (χ2v) is 16.3. The third kappa shape index (κ3) is 6.03. The highest BCUT2D eigenvalue weighted by atomic mass is 35.5. The zero-order valence-corrected chi connectivity index (χ0v) is 30.8. The molecule has 0 radical (unpaired) electrons. The highest BCUT2D eigenvalue weighted by molar-refractivity contribution is 8.00. The van der Waals surface area contributed by atoms with Crippen molar-refractivity contribution in [2.75, 3.05) is 39.9 Å². The van der Waals surface area contributed by atoms with Crippen LogP contribution in [0.15, 0.2) is 53.4 Å². The minimum absolute atomic E-state index is 0.144. The van der Waals surface area contributed by atoms with E-state index in [-0.39, 0.29) is 16.7 Å². The first-order chi connectivity index (χ1) is 24.7. The molecule has 0 saturated carbocycles. The number of aliphatic carboxylic acids is 1. The molecule has 4 aliphatic rings. The average molecular weight is 724 g/mol. The quantitative estimate of drug-likeness (QED) is 0.198. The van der Waals surface area contributed by atoms with Gasteiger partial charge in [-0.05, 0) is 79.7 Å². The molecular formula is C40H42ClN5O4S. The number of rotatable bonds is 9. The molecule has 51 heavy (non-hydrogen) atoms. The molecule has 1 aliphatic carbocycles. The molecule has 2 atom stereocenters. The zero-order chi connectivity index (χ0) is 35.4. The Morgan fingerprint density at radius 1 is 1.12 bits per heavy atom. The van der Waals surface area contributed by atoms with Gasteiger partial charge in [-0.25, -0.2) is 4.98 Å². The van der Waals surface area contributed by atoms with E-state index in [0.717, 1.165) is 88.7 Å². The number of benzene rings is 3. The third-order valence-electron chi connectivity index (χ3n) is 11.4. The maximum absolute atomic E-state index is 11.6. The molecule has 1 N–H and O–H groups in total. The largest absolute Gasteiger partial charge is 0.488 e. The minimum atomic E-state index is -0.727. The van der Waals surface area contributed by atoms with E-state index < -0.39 is 5.97 Å². The molecule has 4 aromatic rings. The van der Waals surface area contributed by atoms with Crippen molar-refractivity contribution in [1.82, 2.24) is 19.4 Å². The Morgan fingerprint density at radius 2 is 1.92 bits per heavy atom. The molecule has 2 fully saturated rings. The number of fused-ring (bicyclic) bond motifs is 2. The van der Waals surface area contributed by atoms with Gasteiger partial charge < -0.3 is 24.0 Å². The molecule has 8 rings (SSSR count). The zero-order valence-electron chi connectivity index (χ0n) is 29.2. The van der Waals surface area contributed by atoms with Gasteiger partial charge >= 0.3 is 5.97 Å². The van der Waals surface area contributed by atoms with E-state index in [0.29, 0.717) is 49.1 Å². The number of carboxylic acids is 1. The first kappa shape index (κ1) is 34.2. The molecule has 11 heteroatoms. The molecule has 0 unspecified atom stereocenters. The standard InChI is InChI=1S/C40H42ClN5O4S/c1-24-26(21-50-35-13-11-29-28(31(35)18-42)10-12-33(29)46-17-14-25(19-46)38(47)48)6-4-7-27(24)30-8-5-9-36(37(30)41)51-40(22-49-23-40)39-43-32-20-44(2)16-15-34(32)45(39)3/h4-9,11,13,25,33H,10,12,14-17,19-23H2,1-3H3,(H,47,48)/t25-,33-/m1/s1. The highest BCUT2D eigenvalue weighted by Crippen LogP contribution is 2.50. The average Bonchev–Trinajstić information content (AvgIpc) is 3.84. The van der Waals surface area contributed by atoms with Gasteiger partial charge in [-0.2, -0.15) is 5.26 Å². The Kier molecular flexibility index (Phi) is 9.14. The van der Waals surface area contributed by atoms with Gasteiger partial charge in [0.15, 0.2) is 0 Å². The van der Waals surface area contributed by atoms with Crippen LogP contribution in [0, 0.1) is 24.2 Å². The third-order valence-corrected chi connectivity index (χ3v) is 13.3. The molecule has 3 aliphatic heterocycles. The fourth-order valence-electron chi connectivity index (χ4n) is 8.44. The van der Waals surface area contributed by atoms with E-state index in [1.165, 1.54) is 5.69 Å². The lowest BCUT2D eigenvalue weighted by Gasteiger charge is -2.40. The molecule has 1 aromatic heterocycles. The van der Waals surface area contributed by atoms with Gasteiger partial charge in [0.25, 0.3) is 0 Å². The summed E-state index contributed by atoms with van der Waals surface area (Å²) in [6.07, 6.45) is 3.32. The second-order valence-electron chi connectivity index (χ2n) is 14.5. The predicted octanol–water partition coefficient (Wildman–Crippen LogP) is 6.90. The molecule has 3 aromatic carbocycles. The summed E-state index contributed by atoms with van der Waals surface area (Å²) in [5.41, 5.74) is 9.31. The summed E-state index contributed by atoms with van der Waals surface area (Å²) < 4.78 is 14.2. The fraction of sp³-hybridized carbons (Fsp3) is 0.425. The molecule has 4 heterocycles. The smallest absolute Gasteiger partial charge is 0.307 e. The maximum Gasteiger partial charge on any atom is 0.307 e. The van der Waals surface area contributed by atoms with Crippen LogP contribution in [0.2, 0.25) is 5.02 Å². The van der Waals surface area contributed by atoms with Crippen molar-refractivity contribution in [3.05, 3.63) is 98.6 Å². The monoisotopic (exact) mass is 723 g/mol. The van der Waals surface area contributed by atoms with Crippen molar-refractivity contribution < 1.29 is 19.4 Å². The molecule has 0 spiro atoms.